The summed E-state index contributed by atoms with van der Waals surface area (Å²) in [5, 5.41) is 2.70. The fourth-order valence-electron chi connectivity index (χ4n) is 1.53. The molecule has 0 saturated heterocycles. The standard InChI is InChI=1S/C13H20N2O3S.ClH/c1-3-19(17,18)12-7-5-4-6-11(12)13(16)15-9-10(2)8-14;/h4-7,10H,3,8-9,14H2,1-2H3,(H,15,16);1H. The summed E-state index contributed by atoms with van der Waals surface area (Å²) in [6.45, 7) is 4.36. The molecule has 0 fully saturated rings. The highest BCUT2D eigenvalue weighted by atomic mass is 35.5. The molecule has 1 amide bonds. The molecular formula is C13H21ClN2O3S. The van der Waals surface area contributed by atoms with Gasteiger partial charge in [0.15, 0.2) is 9.84 Å². The number of hydrogen-bond donors (Lipinski definition) is 2. The van der Waals surface area contributed by atoms with Gasteiger partial charge in [-0.3, -0.25) is 4.79 Å². The third-order valence-electron chi connectivity index (χ3n) is 2.86. The molecule has 1 aromatic rings. The first kappa shape index (κ1) is 18.9. The van der Waals surface area contributed by atoms with Crippen molar-refractivity contribution in [2.45, 2.75) is 18.7 Å². The Hall–Kier alpha value is -1.11. The number of carbonyl (C=O) groups is 1. The minimum Gasteiger partial charge on any atom is -0.352 e. The quantitative estimate of drug-likeness (QED) is 0.825. The zero-order valence-electron chi connectivity index (χ0n) is 11.6. The molecule has 1 rings (SSSR count). The van der Waals surface area contributed by atoms with E-state index in [0.717, 1.165) is 0 Å². The minimum atomic E-state index is -3.40. The Morgan fingerprint density at radius 1 is 1.35 bits per heavy atom. The Labute approximate surface area is 126 Å². The molecule has 0 spiro atoms. The van der Waals surface area contributed by atoms with Gasteiger partial charge >= 0.3 is 0 Å². The summed E-state index contributed by atoms with van der Waals surface area (Å²) in [5.41, 5.74) is 5.66. The predicted molar refractivity (Wildman–Crippen MR) is 82.0 cm³/mol. The summed E-state index contributed by atoms with van der Waals surface area (Å²) >= 11 is 0. The lowest BCUT2D eigenvalue weighted by molar-refractivity contribution is 0.0945. The number of nitrogens with one attached hydrogen (secondary N) is 1. The van der Waals surface area contributed by atoms with Crippen molar-refractivity contribution in [2.24, 2.45) is 11.7 Å². The van der Waals surface area contributed by atoms with Gasteiger partial charge in [0, 0.05) is 6.54 Å². The molecule has 7 heteroatoms. The number of hydrogen-bond acceptors (Lipinski definition) is 4. The third-order valence-corrected chi connectivity index (χ3v) is 4.65. The number of carbonyl (C=O) groups excluding carboxylic acids is 1. The molecule has 1 aromatic carbocycles. The van der Waals surface area contributed by atoms with Crippen LogP contribution in [0.3, 0.4) is 0 Å². The number of rotatable bonds is 6. The van der Waals surface area contributed by atoms with Gasteiger partial charge in [0.1, 0.15) is 0 Å². The van der Waals surface area contributed by atoms with Crippen molar-refractivity contribution in [1.29, 1.82) is 0 Å². The van der Waals surface area contributed by atoms with Crippen LogP contribution >= 0.6 is 12.4 Å². The second-order valence-electron chi connectivity index (χ2n) is 4.45. The lowest BCUT2D eigenvalue weighted by Crippen LogP contribution is -2.32. The molecule has 5 nitrogen and oxygen atoms in total. The first-order valence-electron chi connectivity index (χ1n) is 6.22. The topological polar surface area (TPSA) is 89.3 Å². The van der Waals surface area contributed by atoms with Crippen molar-refractivity contribution < 1.29 is 13.2 Å². The summed E-state index contributed by atoms with van der Waals surface area (Å²) in [4.78, 5) is 12.1. The Morgan fingerprint density at radius 2 is 1.95 bits per heavy atom. The highest BCUT2D eigenvalue weighted by Crippen LogP contribution is 2.16. The normalized spacial score (nSPS) is 12.3. The number of sulfone groups is 1. The molecule has 0 aliphatic heterocycles. The Balaban J connectivity index is 0.00000361. The fourth-order valence-corrected chi connectivity index (χ4v) is 2.62. The second-order valence-corrected chi connectivity index (χ2v) is 6.70. The third kappa shape index (κ3) is 4.77. The summed E-state index contributed by atoms with van der Waals surface area (Å²) in [6, 6.07) is 6.24. The Bertz CT molecular complexity index is 546. The van der Waals surface area contributed by atoms with Gasteiger partial charge in [-0.2, -0.15) is 0 Å². The van der Waals surface area contributed by atoms with E-state index in [1.807, 2.05) is 6.92 Å². The van der Waals surface area contributed by atoms with Crippen LogP contribution in [-0.4, -0.2) is 33.2 Å². The highest BCUT2D eigenvalue weighted by molar-refractivity contribution is 7.91. The maximum atomic E-state index is 12.0. The van der Waals surface area contributed by atoms with Gasteiger partial charge in [-0.05, 0) is 24.6 Å². The highest BCUT2D eigenvalue weighted by Gasteiger charge is 2.20. The second kappa shape index (κ2) is 8.24. The first-order chi connectivity index (χ1) is 8.92. The molecule has 114 valence electrons. The Morgan fingerprint density at radius 3 is 2.50 bits per heavy atom. The van der Waals surface area contributed by atoms with Crippen molar-refractivity contribution >= 4 is 28.2 Å². The molecule has 0 heterocycles. The molecular weight excluding hydrogens is 300 g/mol. The van der Waals surface area contributed by atoms with Gasteiger partial charge in [0.25, 0.3) is 5.91 Å². The SMILES string of the molecule is CCS(=O)(=O)c1ccccc1C(=O)NCC(C)CN.Cl. The van der Waals surface area contributed by atoms with E-state index in [4.69, 9.17) is 5.73 Å². The van der Waals surface area contributed by atoms with E-state index in [0.29, 0.717) is 13.1 Å². The number of nitrogens with two attached hydrogens (primary N) is 1. The molecule has 0 aliphatic rings. The molecule has 1 unspecified atom stereocenters. The lowest BCUT2D eigenvalue weighted by Gasteiger charge is -2.12. The van der Waals surface area contributed by atoms with Crippen molar-refractivity contribution in [3.8, 4) is 0 Å². The van der Waals surface area contributed by atoms with Crippen LogP contribution in [0.1, 0.15) is 24.2 Å². The average Bonchev–Trinajstić information content (AvgIpc) is 2.44. The molecule has 1 atom stereocenters. The van der Waals surface area contributed by atoms with Crippen LogP contribution in [0.25, 0.3) is 0 Å². The van der Waals surface area contributed by atoms with Crippen molar-refractivity contribution in [3.05, 3.63) is 29.8 Å². The van der Waals surface area contributed by atoms with Crippen molar-refractivity contribution in [2.75, 3.05) is 18.8 Å². The van der Waals surface area contributed by atoms with E-state index in [2.05, 4.69) is 5.32 Å². The minimum absolute atomic E-state index is 0. The van der Waals surface area contributed by atoms with E-state index in [1.54, 1.807) is 19.1 Å². The molecule has 0 aromatic heterocycles. The summed E-state index contributed by atoms with van der Waals surface area (Å²) in [6.07, 6.45) is 0. The van der Waals surface area contributed by atoms with Crippen LogP contribution in [0.5, 0.6) is 0 Å². The van der Waals surface area contributed by atoms with Crippen LogP contribution < -0.4 is 11.1 Å². The molecule has 0 radical (unpaired) electrons. The van der Waals surface area contributed by atoms with Gasteiger partial charge in [-0.25, -0.2) is 8.42 Å². The first-order valence-corrected chi connectivity index (χ1v) is 7.87. The molecule has 0 aliphatic carbocycles. The van der Waals surface area contributed by atoms with E-state index < -0.39 is 9.84 Å². The maximum absolute atomic E-state index is 12.0. The maximum Gasteiger partial charge on any atom is 0.252 e. The van der Waals surface area contributed by atoms with Crippen LogP contribution in [0.2, 0.25) is 0 Å². The van der Waals surface area contributed by atoms with Crippen LogP contribution in [0.15, 0.2) is 29.2 Å². The Kier molecular flexibility index (Phi) is 7.78. The smallest absolute Gasteiger partial charge is 0.252 e. The van der Waals surface area contributed by atoms with Gasteiger partial charge in [-0.1, -0.05) is 26.0 Å². The largest absolute Gasteiger partial charge is 0.352 e. The van der Waals surface area contributed by atoms with Crippen LogP contribution in [0, 0.1) is 5.92 Å². The van der Waals surface area contributed by atoms with Gasteiger partial charge in [-0.15, -0.1) is 12.4 Å². The monoisotopic (exact) mass is 320 g/mol. The van der Waals surface area contributed by atoms with Crippen LogP contribution in [-0.2, 0) is 9.84 Å². The van der Waals surface area contributed by atoms with E-state index in [1.165, 1.54) is 12.1 Å². The molecule has 20 heavy (non-hydrogen) atoms. The fraction of sp³-hybridized carbons (Fsp3) is 0.462. The average molecular weight is 321 g/mol. The summed E-state index contributed by atoms with van der Waals surface area (Å²) in [7, 11) is -3.40. The zero-order chi connectivity index (χ0) is 14.5. The number of benzene rings is 1. The van der Waals surface area contributed by atoms with E-state index >= 15 is 0 Å². The summed E-state index contributed by atoms with van der Waals surface area (Å²) < 4.78 is 23.8. The van der Waals surface area contributed by atoms with Gasteiger partial charge < -0.3 is 11.1 Å². The number of halogens is 1. The lowest BCUT2D eigenvalue weighted by atomic mass is 10.1. The van der Waals surface area contributed by atoms with Gasteiger partial charge in [0.2, 0.25) is 0 Å². The predicted octanol–water partition coefficient (Wildman–Crippen LogP) is 1.23. The summed E-state index contributed by atoms with van der Waals surface area (Å²) in [5.74, 6) is -0.261. The van der Waals surface area contributed by atoms with Crippen molar-refractivity contribution in [1.82, 2.24) is 5.32 Å². The van der Waals surface area contributed by atoms with Gasteiger partial charge in [0.05, 0.1) is 16.2 Å². The van der Waals surface area contributed by atoms with Crippen LogP contribution in [0.4, 0.5) is 0 Å². The molecule has 0 bridgehead atoms. The zero-order valence-corrected chi connectivity index (χ0v) is 13.3. The number of amides is 1. The molecule has 3 N–H and O–H groups in total. The van der Waals surface area contributed by atoms with Crippen molar-refractivity contribution in [3.63, 3.8) is 0 Å². The van der Waals surface area contributed by atoms with E-state index in [9.17, 15) is 13.2 Å². The molecule has 0 saturated carbocycles. The van der Waals surface area contributed by atoms with E-state index in [-0.39, 0.29) is 40.4 Å².